The zero-order valence-electron chi connectivity index (χ0n) is 11.1. The molecule has 0 saturated heterocycles. The van der Waals surface area contributed by atoms with Gasteiger partial charge in [0.2, 0.25) is 0 Å². The molecule has 0 radical (unpaired) electrons. The molecule has 0 amide bonds. The minimum Gasteiger partial charge on any atom is -0.377 e. The van der Waals surface area contributed by atoms with Crippen LogP contribution in [-0.2, 0) is 4.74 Å². The molecule has 2 heteroatoms. The highest BCUT2D eigenvalue weighted by molar-refractivity contribution is 4.82. The smallest absolute Gasteiger partial charge is 0.0728 e. The molecule has 1 aliphatic rings. The third-order valence-electron chi connectivity index (χ3n) is 3.86. The topological polar surface area (TPSA) is 35.2 Å². The molecular formula is C14H29NO. The van der Waals surface area contributed by atoms with Crippen LogP contribution < -0.4 is 5.73 Å². The van der Waals surface area contributed by atoms with E-state index in [9.17, 15) is 0 Å². The second-order valence-electron chi connectivity index (χ2n) is 5.22. The van der Waals surface area contributed by atoms with E-state index in [1.54, 1.807) is 0 Å². The normalized spacial score (nSPS) is 30.6. The minimum absolute atomic E-state index is 0.286. The Morgan fingerprint density at radius 3 is 2.62 bits per heavy atom. The van der Waals surface area contributed by atoms with Crippen molar-refractivity contribution in [3.05, 3.63) is 0 Å². The standard InChI is InChI=1S/C14H29NO/c1-3-5-6-7-10-16-14-11-12(4-2)8-9-13(14)15/h12-14H,3-11,15H2,1-2H3. The molecule has 0 heterocycles. The van der Waals surface area contributed by atoms with Crippen LogP contribution in [-0.4, -0.2) is 18.8 Å². The molecule has 3 atom stereocenters. The third kappa shape index (κ3) is 4.84. The molecule has 1 aliphatic carbocycles. The van der Waals surface area contributed by atoms with Gasteiger partial charge in [0.05, 0.1) is 6.10 Å². The molecule has 0 spiro atoms. The summed E-state index contributed by atoms with van der Waals surface area (Å²) in [4.78, 5) is 0. The van der Waals surface area contributed by atoms with Crippen LogP contribution >= 0.6 is 0 Å². The summed E-state index contributed by atoms with van der Waals surface area (Å²) < 4.78 is 5.95. The lowest BCUT2D eigenvalue weighted by Gasteiger charge is -2.33. The van der Waals surface area contributed by atoms with Crippen molar-refractivity contribution in [2.75, 3.05) is 6.61 Å². The largest absolute Gasteiger partial charge is 0.377 e. The molecule has 0 aromatic carbocycles. The lowest BCUT2D eigenvalue weighted by atomic mass is 9.83. The number of hydrogen-bond acceptors (Lipinski definition) is 2. The fraction of sp³-hybridized carbons (Fsp3) is 1.00. The lowest BCUT2D eigenvalue weighted by Crippen LogP contribution is -2.42. The number of rotatable bonds is 7. The van der Waals surface area contributed by atoms with Crippen molar-refractivity contribution in [3.63, 3.8) is 0 Å². The van der Waals surface area contributed by atoms with Crippen molar-refractivity contribution in [1.29, 1.82) is 0 Å². The van der Waals surface area contributed by atoms with Crippen LogP contribution in [0.15, 0.2) is 0 Å². The number of hydrogen-bond donors (Lipinski definition) is 1. The van der Waals surface area contributed by atoms with Gasteiger partial charge >= 0.3 is 0 Å². The lowest BCUT2D eigenvalue weighted by molar-refractivity contribution is -0.00239. The Hall–Kier alpha value is -0.0800. The third-order valence-corrected chi connectivity index (χ3v) is 3.86. The van der Waals surface area contributed by atoms with Crippen molar-refractivity contribution in [3.8, 4) is 0 Å². The monoisotopic (exact) mass is 227 g/mol. The molecule has 16 heavy (non-hydrogen) atoms. The van der Waals surface area contributed by atoms with Gasteiger partial charge in [-0.2, -0.15) is 0 Å². The fourth-order valence-electron chi connectivity index (χ4n) is 2.56. The van der Waals surface area contributed by atoms with E-state index in [0.717, 1.165) is 18.9 Å². The van der Waals surface area contributed by atoms with Crippen LogP contribution in [0.4, 0.5) is 0 Å². The quantitative estimate of drug-likeness (QED) is 0.676. The molecule has 0 aromatic rings. The van der Waals surface area contributed by atoms with Gasteiger partial charge in [0.25, 0.3) is 0 Å². The Bertz CT molecular complexity index is 172. The summed E-state index contributed by atoms with van der Waals surface area (Å²) in [6.45, 7) is 5.43. The van der Waals surface area contributed by atoms with E-state index in [2.05, 4.69) is 13.8 Å². The average Bonchev–Trinajstić information content (AvgIpc) is 2.31. The van der Waals surface area contributed by atoms with E-state index in [1.165, 1.54) is 44.9 Å². The Morgan fingerprint density at radius 2 is 1.94 bits per heavy atom. The number of nitrogens with two attached hydrogens (primary N) is 1. The molecule has 3 unspecified atom stereocenters. The number of ether oxygens (including phenoxy) is 1. The van der Waals surface area contributed by atoms with Crippen LogP contribution in [0.5, 0.6) is 0 Å². The summed E-state index contributed by atoms with van der Waals surface area (Å²) in [5, 5.41) is 0. The van der Waals surface area contributed by atoms with Gasteiger partial charge < -0.3 is 10.5 Å². The molecule has 2 nitrogen and oxygen atoms in total. The van der Waals surface area contributed by atoms with Crippen molar-refractivity contribution < 1.29 is 4.74 Å². The number of unbranched alkanes of at least 4 members (excludes halogenated alkanes) is 3. The highest BCUT2D eigenvalue weighted by Crippen LogP contribution is 2.28. The van der Waals surface area contributed by atoms with Gasteiger partial charge in [-0.1, -0.05) is 39.5 Å². The summed E-state index contributed by atoms with van der Waals surface area (Å²) >= 11 is 0. The Morgan fingerprint density at radius 1 is 1.12 bits per heavy atom. The minimum atomic E-state index is 0.286. The van der Waals surface area contributed by atoms with Crippen LogP contribution in [0, 0.1) is 5.92 Å². The first-order valence-electron chi connectivity index (χ1n) is 7.15. The fourth-order valence-corrected chi connectivity index (χ4v) is 2.56. The first-order chi connectivity index (χ1) is 7.77. The summed E-state index contributed by atoms with van der Waals surface area (Å²) in [5.74, 6) is 0.848. The maximum Gasteiger partial charge on any atom is 0.0728 e. The van der Waals surface area contributed by atoms with Gasteiger partial charge in [0.15, 0.2) is 0 Å². The van der Waals surface area contributed by atoms with Crippen molar-refractivity contribution in [1.82, 2.24) is 0 Å². The predicted octanol–water partition coefficient (Wildman–Crippen LogP) is 3.49. The molecule has 0 bridgehead atoms. The average molecular weight is 227 g/mol. The predicted molar refractivity (Wildman–Crippen MR) is 69.5 cm³/mol. The molecule has 96 valence electrons. The molecule has 1 saturated carbocycles. The Balaban J connectivity index is 2.13. The van der Waals surface area contributed by atoms with Crippen molar-refractivity contribution >= 4 is 0 Å². The van der Waals surface area contributed by atoms with Crippen LogP contribution in [0.25, 0.3) is 0 Å². The summed E-state index contributed by atoms with van der Waals surface area (Å²) in [6, 6.07) is 0.286. The molecule has 0 aromatic heterocycles. The Labute approximate surface area is 101 Å². The van der Waals surface area contributed by atoms with E-state index in [4.69, 9.17) is 10.5 Å². The first-order valence-corrected chi connectivity index (χ1v) is 7.15. The first kappa shape index (κ1) is 14.0. The maximum absolute atomic E-state index is 6.11. The second kappa shape index (κ2) is 8.08. The van der Waals surface area contributed by atoms with Crippen molar-refractivity contribution in [2.24, 2.45) is 11.7 Å². The molecule has 2 N–H and O–H groups in total. The van der Waals surface area contributed by atoms with Crippen LogP contribution in [0.1, 0.15) is 65.2 Å². The van der Waals surface area contributed by atoms with Crippen LogP contribution in [0.3, 0.4) is 0 Å². The summed E-state index contributed by atoms with van der Waals surface area (Å²) in [7, 11) is 0. The van der Waals surface area contributed by atoms with E-state index in [-0.39, 0.29) is 6.04 Å². The Kier molecular flexibility index (Phi) is 7.06. The van der Waals surface area contributed by atoms with Gasteiger partial charge in [-0.3, -0.25) is 0 Å². The maximum atomic E-state index is 6.11. The van der Waals surface area contributed by atoms with Gasteiger partial charge in [-0.05, 0) is 31.6 Å². The van der Waals surface area contributed by atoms with Gasteiger partial charge in [0.1, 0.15) is 0 Å². The molecule has 0 aliphatic heterocycles. The second-order valence-corrected chi connectivity index (χ2v) is 5.22. The molecular weight excluding hydrogens is 198 g/mol. The van der Waals surface area contributed by atoms with E-state index in [1.807, 2.05) is 0 Å². The van der Waals surface area contributed by atoms with E-state index < -0.39 is 0 Å². The van der Waals surface area contributed by atoms with Gasteiger partial charge in [-0.25, -0.2) is 0 Å². The zero-order chi connectivity index (χ0) is 11.8. The summed E-state index contributed by atoms with van der Waals surface area (Å²) in [5.41, 5.74) is 6.11. The SMILES string of the molecule is CCCCCCOC1CC(CC)CCC1N. The van der Waals surface area contributed by atoms with Gasteiger partial charge in [0, 0.05) is 12.6 Å². The molecule has 1 rings (SSSR count). The zero-order valence-corrected chi connectivity index (χ0v) is 11.1. The van der Waals surface area contributed by atoms with E-state index in [0.29, 0.717) is 6.10 Å². The highest BCUT2D eigenvalue weighted by Gasteiger charge is 2.27. The molecule has 1 fully saturated rings. The highest BCUT2D eigenvalue weighted by atomic mass is 16.5. The van der Waals surface area contributed by atoms with E-state index >= 15 is 0 Å². The van der Waals surface area contributed by atoms with Crippen molar-refractivity contribution in [2.45, 2.75) is 77.4 Å². The van der Waals surface area contributed by atoms with Gasteiger partial charge in [-0.15, -0.1) is 0 Å². The van der Waals surface area contributed by atoms with Crippen LogP contribution in [0.2, 0.25) is 0 Å². The summed E-state index contributed by atoms with van der Waals surface area (Å²) in [6.07, 6.45) is 10.4.